The van der Waals surface area contributed by atoms with Crippen LogP contribution in [0.2, 0.25) is 0 Å². The van der Waals surface area contributed by atoms with E-state index in [0.29, 0.717) is 11.1 Å². The van der Waals surface area contributed by atoms with Crippen molar-refractivity contribution in [2.24, 2.45) is 0 Å². The van der Waals surface area contributed by atoms with Crippen molar-refractivity contribution in [1.29, 1.82) is 0 Å². The Balaban J connectivity index is 2.28. The largest absolute Gasteiger partial charge is 0.273 e. The zero-order chi connectivity index (χ0) is 16.3. The number of carbonyl (C=O) groups excluding carboxylic acids is 1. The molecule has 0 saturated heterocycles. The number of sulfonamides is 1. The number of benzene rings is 2. The summed E-state index contributed by atoms with van der Waals surface area (Å²) in [5.41, 5.74) is 1.58. The van der Waals surface area contributed by atoms with Crippen LogP contribution in [0.4, 0.5) is 4.39 Å². The van der Waals surface area contributed by atoms with Crippen molar-refractivity contribution < 1.29 is 17.6 Å². The molecule has 0 aromatic heterocycles. The van der Waals surface area contributed by atoms with Gasteiger partial charge < -0.3 is 0 Å². The first kappa shape index (κ1) is 16.2. The Morgan fingerprint density at radius 2 is 1.77 bits per heavy atom. The highest BCUT2D eigenvalue weighted by Crippen LogP contribution is 2.26. The molecular formula is C16H16FNO3S. The molecule has 0 heterocycles. The van der Waals surface area contributed by atoms with Crippen LogP contribution in [0.25, 0.3) is 11.1 Å². The predicted octanol–water partition coefficient (Wildman–Crippen LogP) is 2.67. The van der Waals surface area contributed by atoms with Crippen molar-refractivity contribution in [2.75, 3.05) is 6.26 Å². The van der Waals surface area contributed by atoms with E-state index in [1.54, 1.807) is 24.3 Å². The van der Waals surface area contributed by atoms with Crippen LogP contribution in [0.3, 0.4) is 0 Å². The van der Waals surface area contributed by atoms with Crippen LogP contribution in [0.5, 0.6) is 0 Å². The van der Waals surface area contributed by atoms with Crippen LogP contribution < -0.4 is 4.72 Å². The molecular weight excluding hydrogens is 305 g/mol. The predicted molar refractivity (Wildman–Crippen MR) is 83.2 cm³/mol. The highest BCUT2D eigenvalue weighted by Gasteiger charge is 2.19. The second-order valence-electron chi connectivity index (χ2n) is 5.07. The first-order chi connectivity index (χ1) is 10.3. The molecule has 0 fully saturated rings. The molecule has 0 aliphatic carbocycles. The van der Waals surface area contributed by atoms with E-state index >= 15 is 0 Å². The molecule has 0 bridgehead atoms. The first-order valence-electron chi connectivity index (χ1n) is 6.64. The molecule has 2 rings (SSSR count). The third-order valence-electron chi connectivity index (χ3n) is 3.26. The molecule has 1 atom stereocenters. The molecule has 0 spiro atoms. The summed E-state index contributed by atoms with van der Waals surface area (Å²) in [5, 5.41) is 0. The minimum Gasteiger partial charge on any atom is -0.273 e. The van der Waals surface area contributed by atoms with Gasteiger partial charge in [0.15, 0.2) is 0 Å². The Hall–Kier alpha value is -2.21. The Morgan fingerprint density at radius 1 is 1.14 bits per heavy atom. The molecule has 1 amide bonds. The van der Waals surface area contributed by atoms with Crippen molar-refractivity contribution >= 4 is 15.9 Å². The van der Waals surface area contributed by atoms with E-state index in [0.717, 1.165) is 11.8 Å². The first-order valence-corrected chi connectivity index (χ1v) is 8.53. The van der Waals surface area contributed by atoms with Gasteiger partial charge in [-0.3, -0.25) is 9.52 Å². The summed E-state index contributed by atoms with van der Waals surface area (Å²) in [6.45, 7) is 1.53. The maximum absolute atomic E-state index is 14.2. The fourth-order valence-corrected chi connectivity index (χ4v) is 2.62. The summed E-state index contributed by atoms with van der Waals surface area (Å²) >= 11 is 0. The quantitative estimate of drug-likeness (QED) is 0.941. The number of hydrogen-bond donors (Lipinski definition) is 1. The van der Waals surface area contributed by atoms with Gasteiger partial charge in [0, 0.05) is 5.56 Å². The fourth-order valence-electron chi connectivity index (χ4n) is 2.08. The zero-order valence-electron chi connectivity index (χ0n) is 12.2. The fraction of sp³-hybridized carbons (Fsp3) is 0.188. The van der Waals surface area contributed by atoms with Crippen LogP contribution >= 0.6 is 0 Å². The van der Waals surface area contributed by atoms with Gasteiger partial charge in [-0.15, -0.1) is 0 Å². The number of amides is 1. The molecule has 0 unspecified atom stereocenters. The zero-order valence-corrected chi connectivity index (χ0v) is 13.0. The minimum absolute atomic E-state index is 0.415. The van der Waals surface area contributed by atoms with Crippen LogP contribution in [0.15, 0.2) is 48.5 Å². The lowest BCUT2D eigenvalue weighted by molar-refractivity contribution is -0.120. The Kier molecular flexibility index (Phi) is 4.61. The molecule has 2 aromatic rings. The summed E-state index contributed by atoms with van der Waals surface area (Å²) in [5.74, 6) is -1.91. The van der Waals surface area contributed by atoms with Gasteiger partial charge >= 0.3 is 0 Å². The van der Waals surface area contributed by atoms with E-state index in [2.05, 4.69) is 0 Å². The van der Waals surface area contributed by atoms with E-state index in [-0.39, 0.29) is 0 Å². The van der Waals surface area contributed by atoms with E-state index in [1.165, 1.54) is 13.0 Å². The van der Waals surface area contributed by atoms with E-state index in [1.807, 2.05) is 22.9 Å². The maximum atomic E-state index is 14.2. The Bertz CT molecular complexity index is 788. The smallest absolute Gasteiger partial charge is 0.240 e. The number of rotatable bonds is 4. The second-order valence-corrected chi connectivity index (χ2v) is 6.81. The third-order valence-corrected chi connectivity index (χ3v) is 3.83. The highest BCUT2D eigenvalue weighted by atomic mass is 32.2. The highest BCUT2D eigenvalue weighted by molar-refractivity contribution is 7.89. The Labute approximate surface area is 129 Å². The van der Waals surface area contributed by atoms with Crippen molar-refractivity contribution in [3.63, 3.8) is 0 Å². The Morgan fingerprint density at radius 3 is 2.32 bits per heavy atom. The van der Waals surface area contributed by atoms with Gasteiger partial charge in [0.2, 0.25) is 15.9 Å². The van der Waals surface area contributed by atoms with Gasteiger partial charge in [-0.25, -0.2) is 12.8 Å². The lowest BCUT2D eigenvalue weighted by Gasteiger charge is -2.13. The molecule has 116 valence electrons. The number of nitrogens with one attached hydrogen (secondary N) is 1. The van der Waals surface area contributed by atoms with Crippen molar-refractivity contribution in [1.82, 2.24) is 4.72 Å². The number of halogens is 1. The van der Waals surface area contributed by atoms with Crippen LogP contribution in [-0.4, -0.2) is 20.6 Å². The van der Waals surface area contributed by atoms with Crippen LogP contribution in [0.1, 0.15) is 18.4 Å². The maximum Gasteiger partial charge on any atom is 0.240 e. The summed E-state index contributed by atoms with van der Waals surface area (Å²) in [4.78, 5) is 11.8. The second kappa shape index (κ2) is 6.27. The molecule has 6 heteroatoms. The van der Waals surface area contributed by atoms with Gasteiger partial charge in [0.1, 0.15) is 5.82 Å². The normalized spacial score (nSPS) is 12.7. The van der Waals surface area contributed by atoms with Gasteiger partial charge in [0.25, 0.3) is 0 Å². The lowest BCUT2D eigenvalue weighted by atomic mass is 9.96. The average Bonchev–Trinajstić information content (AvgIpc) is 2.45. The van der Waals surface area contributed by atoms with Gasteiger partial charge in [-0.05, 0) is 24.1 Å². The van der Waals surface area contributed by atoms with Crippen LogP contribution in [0, 0.1) is 5.82 Å². The van der Waals surface area contributed by atoms with Gasteiger partial charge in [-0.2, -0.15) is 0 Å². The topological polar surface area (TPSA) is 63.2 Å². The standard InChI is InChI=1S/C16H16FNO3S/c1-11(16(19)18-22(2,20)21)13-8-9-14(15(17)10-13)12-6-4-3-5-7-12/h3-11H,1-2H3,(H,18,19)/t11-/m0/s1. The summed E-state index contributed by atoms with van der Waals surface area (Å²) in [7, 11) is -3.63. The third kappa shape index (κ3) is 3.92. The monoisotopic (exact) mass is 321 g/mol. The van der Waals surface area contributed by atoms with E-state index in [4.69, 9.17) is 0 Å². The molecule has 0 aliphatic heterocycles. The van der Waals surface area contributed by atoms with E-state index < -0.39 is 27.7 Å². The molecule has 0 saturated carbocycles. The van der Waals surface area contributed by atoms with Crippen molar-refractivity contribution in [2.45, 2.75) is 12.8 Å². The number of hydrogen-bond acceptors (Lipinski definition) is 3. The number of carbonyl (C=O) groups is 1. The molecule has 22 heavy (non-hydrogen) atoms. The summed E-state index contributed by atoms with van der Waals surface area (Å²) in [6.07, 6.45) is 0.900. The minimum atomic E-state index is -3.63. The molecule has 0 aliphatic rings. The molecule has 2 aromatic carbocycles. The average molecular weight is 321 g/mol. The van der Waals surface area contributed by atoms with Crippen LogP contribution in [-0.2, 0) is 14.8 Å². The lowest BCUT2D eigenvalue weighted by Crippen LogP contribution is -2.32. The SMILES string of the molecule is C[C@H](C(=O)NS(C)(=O)=O)c1ccc(-c2ccccc2)c(F)c1. The van der Waals surface area contributed by atoms with Gasteiger partial charge in [-0.1, -0.05) is 42.5 Å². The van der Waals surface area contributed by atoms with Crippen molar-refractivity contribution in [3.8, 4) is 11.1 Å². The molecule has 4 nitrogen and oxygen atoms in total. The van der Waals surface area contributed by atoms with Gasteiger partial charge in [0.05, 0.1) is 12.2 Å². The molecule has 1 N–H and O–H groups in total. The molecule has 0 radical (unpaired) electrons. The summed E-state index contributed by atoms with van der Waals surface area (Å²) < 4.78 is 38.3. The van der Waals surface area contributed by atoms with E-state index in [9.17, 15) is 17.6 Å². The summed E-state index contributed by atoms with van der Waals surface area (Å²) in [6, 6.07) is 13.5. The van der Waals surface area contributed by atoms with Crippen molar-refractivity contribution in [3.05, 3.63) is 59.9 Å².